The van der Waals surface area contributed by atoms with Crippen LogP contribution in [0.2, 0.25) is 0 Å². The van der Waals surface area contributed by atoms with Crippen LogP contribution in [-0.4, -0.2) is 20.9 Å². The Kier molecular flexibility index (Phi) is 5.66. The number of pyridine rings is 1. The van der Waals surface area contributed by atoms with Crippen LogP contribution in [0.1, 0.15) is 12.5 Å². The molecule has 0 saturated heterocycles. The molecule has 0 unspecified atom stereocenters. The van der Waals surface area contributed by atoms with Gasteiger partial charge in [0.1, 0.15) is 12.1 Å². The van der Waals surface area contributed by atoms with E-state index in [-0.39, 0.29) is 23.9 Å². The summed E-state index contributed by atoms with van der Waals surface area (Å²) in [5.41, 5.74) is 2.68. The first-order valence-electron chi connectivity index (χ1n) is 9.89. The van der Waals surface area contributed by atoms with Crippen molar-refractivity contribution in [2.75, 3.05) is 10.6 Å². The molecule has 0 fully saturated rings. The molecule has 7 nitrogen and oxygen atoms in total. The summed E-state index contributed by atoms with van der Waals surface area (Å²) >= 11 is 0. The van der Waals surface area contributed by atoms with Crippen LogP contribution in [0.5, 0.6) is 0 Å². The van der Waals surface area contributed by atoms with E-state index in [0.29, 0.717) is 23.4 Å². The lowest BCUT2D eigenvalue weighted by atomic mass is 10.2. The highest BCUT2D eigenvalue weighted by Crippen LogP contribution is 2.15. The third-order valence-corrected chi connectivity index (χ3v) is 4.89. The van der Waals surface area contributed by atoms with Crippen LogP contribution in [0.15, 0.2) is 83.9 Å². The van der Waals surface area contributed by atoms with Crippen LogP contribution in [0.4, 0.5) is 11.4 Å². The lowest BCUT2D eigenvalue weighted by Gasteiger charge is -2.10. The molecule has 2 N–H and O–H groups in total. The molecular weight excluding hydrogens is 392 g/mol. The third kappa shape index (κ3) is 4.72. The first-order valence-corrected chi connectivity index (χ1v) is 9.89. The number of aromatic nitrogens is 2. The summed E-state index contributed by atoms with van der Waals surface area (Å²) in [4.78, 5) is 36.7. The monoisotopic (exact) mass is 414 g/mol. The van der Waals surface area contributed by atoms with Gasteiger partial charge in [0.25, 0.3) is 5.56 Å². The molecule has 31 heavy (non-hydrogen) atoms. The van der Waals surface area contributed by atoms with E-state index in [2.05, 4.69) is 10.6 Å². The highest BCUT2D eigenvalue weighted by Gasteiger charge is 2.11. The molecule has 2 amide bonds. The number of amides is 2. The lowest BCUT2D eigenvalue weighted by Crippen LogP contribution is -2.28. The van der Waals surface area contributed by atoms with Crippen molar-refractivity contribution >= 4 is 34.1 Å². The van der Waals surface area contributed by atoms with Gasteiger partial charge in [-0.25, -0.2) is 0 Å². The number of anilines is 2. The first-order chi connectivity index (χ1) is 15.0. The molecule has 0 radical (unpaired) electrons. The average Bonchev–Trinajstić information content (AvgIpc) is 3.15. The zero-order chi connectivity index (χ0) is 21.8. The van der Waals surface area contributed by atoms with Crippen molar-refractivity contribution in [1.29, 1.82) is 0 Å². The number of carbonyl (C=O) groups is 2. The fourth-order valence-corrected chi connectivity index (χ4v) is 3.48. The van der Waals surface area contributed by atoms with Crippen molar-refractivity contribution in [3.05, 3.63) is 95.0 Å². The number of benzene rings is 2. The highest BCUT2D eigenvalue weighted by molar-refractivity contribution is 5.92. The minimum atomic E-state index is -0.310. The molecule has 0 spiro atoms. The van der Waals surface area contributed by atoms with Gasteiger partial charge in [-0.2, -0.15) is 0 Å². The normalized spacial score (nSPS) is 10.7. The van der Waals surface area contributed by atoms with E-state index >= 15 is 0 Å². The maximum absolute atomic E-state index is 13.1. The minimum Gasteiger partial charge on any atom is -0.339 e. The summed E-state index contributed by atoms with van der Waals surface area (Å²) in [7, 11) is 0. The summed E-state index contributed by atoms with van der Waals surface area (Å²) in [6, 6.07) is 20.4. The predicted molar refractivity (Wildman–Crippen MR) is 121 cm³/mol. The van der Waals surface area contributed by atoms with Gasteiger partial charge in [-0.1, -0.05) is 30.3 Å². The fourth-order valence-electron chi connectivity index (χ4n) is 3.48. The Hall–Kier alpha value is -4.13. The zero-order valence-electron chi connectivity index (χ0n) is 17.0. The Morgan fingerprint density at radius 2 is 1.42 bits per heavy atom. The summed E-state index contributed by atoms with van der Waals surface area (Å²) in [5, 5.41) is 6.29. The summed E-state index contributed by atoms with van der Waals surface area (Å²) in [5.74, 6) is -0.474. The van der Waals surface area contributed by atoms with Gasteiger partial charge in [-0.05, 0) is 42.0 Å². The van der Waals surface area contributed by atoms with E-state index in [1.165, 1.54) is 11.5 Å². The molecule has 7 heteroatoms. The molecule has 2 aromatic carbocycles. The van der Waals surface area contributed by atoms with E-state index in [1.807, 2.05) is 53.2 Å². The van der Waals surface area contributed by atoms with Gasteiger partial charge < -0.3 is 19.8 Å². The molecule has 0 aliphatic carbocycles. The Labute approximate surface area is 178 Å². The Bertz CT molecular complexity index is 1290. The average molecular weight is 414 g/mol. The van der Waals surface area contributed by atoms with Crippen molar-refractivity contribution < 1.29 is 9.59 Å². The van der Waals surface area contributed by atoms with E-state index in [1.54, 1.807) is 30.5 Å². The number of rotatable bonds is 6. The number of fused-ring (bicyclic) bond motifs is 1. The van der Waals surface area contributed by atoms with Gasteiger partial charge in [-0.15, -0.1) is 0 Å². The van der Waals surface area contributed by atoms with Gasteiger partial charge in [-0.3, -0.25) is 14.4 Å². The van der Waals surface area contributed by atoms with Crippen molar-refractivity contribution in [2.45, 2.75) is 20.0 Å². The largest absolute Gasteiger partial charge is 0.339 e. The zero-order valence-corrected chi connectivity index (χ0v) is 17.0. The second-order valence-electron chi connectivity index (χ2n) is 7.29. The molecule has 0 atom stereocenters. The molecule has 0 aliphatic heterocycles. The fraction of sp³-hybridized carbons (Fsp3) is 0.125. The second-order valence-corrected chi connectivity index (χ2v) is 7.29. The van der Waals surface area contributed by atoms with E-state index < -0.39 is 0 Å². The van der Waals surface area contributed by atoms with Crippen molar-refractivity contribution in [1.82, 2.24) is 9.13 Å². The molecule has 0 aliphatic rings. The molecule has 156 valence electrons. The smallest absolute Gasteiger partial charge is 0.275 e. The number of carbonyl (C=O) groups excluding carboxylic acids is 2. The summed E-state index contributed by atoms with van der Waals surface area (Å²) in [6.07, 6.45) is 3.52. The van der Waals surface area contributed by atoms with Gasteiger partial charge in [0.2, 0.25) is 11.8 Å². The SMILES string of the molecule is CC(=O)Nc1ccc(NC(=O)Cn2ccc3ccn(Cc4ccccc4)c3c2=O)cc1. The van der Waals surface area contributed by atoms with Gasteiger partial charge in [0.05, 0.1) is 0 Å². The predicted octanol–water partition coefficient (Wildman–Crippen LogP) is 3.45. The summed E-state index contributed by atoms with van der Waals surface area (Å²) < 4.78 is 3.31. The van der Waals surface area contributed by atoms with Crippen LogP contribution < -0.4 is 16.2 Å². The van der Waals surface area contributed by atoms with Gasteiger partial charge >= 0.3 is 0 Å². The summed E-state index contributed by atoms with van der Waals surface area (Å²) in [6.45, 7) is 1.91. The molecule has 2 aromatic heterocycles. The van der Waals surface area contributed by atoms with Crippen molar-refractivity contribution in [3.63, 3.8) is 0 Å². The maximum Gasteiger partial charge on any atom is 0.275 e. The van der Waals surface area contributed by atoms with Gasteiger partial charge in [0.15, 0.2) is 0 Å². The van der Waals surface area contributed by atoms with Crippen LogP contribution in [0.3, 0.4) is 0 Å². The molecule has 4 rings (SSSR count). The van der Waals surface area contributed by atoms with Crippen molar-refractivity contribution in [2.24, 2.45) is 0 Å². The Balaban J connectivity index is 1.51. The standard InChI is InChI=1S/C24H22N4O3/c1-17(29)25-20-7-9-21(10-8-20)26-22(30)16-28-14-12-19-11-13-27(23(19)24(28)31)15-18-5-3-2-4-6-18/h2-14H,15-16H2,1H3,(H,25,29)(H,26,30). The Morgan fingerprint density at radius 3 is 2.06 bits per heavy atom. The van der Waals surface area contributed by atoms with E-state index in [0.717, 1.165) is 10.9 Å². The third-order valence-electron chi connectivity index (χ3n) is 4.89. The molecule has 0 saturated carbocycles. The lowest BCUT2D eigenvalue weighted by molar-refractivity contribution is -0.117. The van der Waals surface area contributed by atoms with E-state index in [9.17, 15) is 14.4 Å². The number of nitrogens with one attached hydrogen (secondary N) is 2. The van der Waals surface area contributed by atoms with E-state index in [4.69, 9.17) is 0 Å². The van der Waals surface area contributed by atoms with Gasteiger partial charge in [0, 0.05) is 42.6 Å². The van der Waals surface area contributed by atoms with Crippen molar-refractivity contribution in [3.8, 4) is 0 Å². The number of hydrogen-bond donors (Lipinski definition) is 2. The highest BCUT2D eigenvalue weighted by atomic mass is 16.2. The Morgan fingerprint density at radius 1 is 0.806 bits per heavy atom. The number of hydrogen-bond acceptors (Lipinski definition) is 3. The van der Waals surface area contributed by atoms with Crippen LogP contribution in [0, 0.1) is 0 Å². The molecule has 4 aromatic rings. The van der Waals surface area contributed by atoms with Crippen LogP contribution in [-0.2, 0) is 22.7 Å². The van der Waals surface area contributed by atoms with Crippen LogP contribution in [0.25, 0.3) is 10.9 Å². The second kappa shape index (κ2) is 8.71. The topological polar surface area (TPSA) is 85.1 Å². The molecule has 0 bridgehead atoms. The minimum absolute atomic E-state index is 0.0985. The molecule has 2 heterocycles. The first kappa shape index (κ1) is 20.2. The molecular formula is C24H22N4O3. The number of nitrogens with zero attached hydrogens (tertiary/aromatic N) is 2. The maximum atomic E-state index is 13.1. The van der Waals surface area contributed by atoms with Crippen LogP contribution >= 0.6 is 0 Å². The quantitative estimate of drug-likeness (QED) is 0.507.